The van der Waals surface area contributed by atoms with E-state index in [0.29, 0.717) is 11.8 Å². The second-order valence-electron chi connectivity index (χ2n) is 7.45. The number of thioether (sulfide) groups is 1. The molecular weight excluding hydrogens is 320 g/mol. The van der Waals surface area contributed by atoms with Gasteiger partial charge < -0.3 is 10.6 Å². The fourth-order valence-corrected chi connectivity index (χ4v) is 4.84. The normalized spacial score (nSPS) is 25.8. The Morgan fingerprint density at radius 1 is 1.38 bits per heavy atom. The number of nitrogens with zero attached hydrogens (tertiary/aromatic N) is 2. The van der Waals surface area contributed by atoms with Gasteiger partial charge in [-0.3, -0.25) is 9.48 Å². The number of nitrogens with one attached hydrogen (secondary N) is 2. The summed E-state index contributed by atoms with van der Waals surface area (Å²) in [4.78, 5) is 13.9. The van der Waals surface area contributed by atoms with Gasteiger partial charge in [-0.25, -0.2) is 0 Å². The lowest BCUT2D eigenvalue weighted by atomic mass is 9.96. The number of fused-ring (bicyclic) bond motifs is 2. The van der Waals surface area contributed by atoms with Crippen molar-refractivity contribution in [1.29, 1.82) is 0 Å². The summed E-state index contributed by atoms with van der Waals surface area (Å²) in [6.07, 6.45) is 2.08. The Labute approximate surface area is 146 Å². The number of carbonyl (C=O) groups is 1. The third-order valence-electron chi connectivity index (χ3n) is 5.47. The molecule has 0 unspecified atom stereocenters. The van der Waals surface area contributed by atoms with Gasteiger partial charge in [0.2, 0.25) is 5.91 Å². The molecule has 0 bridgehead atoms. The molecule has 0 radical (unpaired) electrons. The number of rotatable bonds is 4. The van der Waals surface area contributed by atoms with Crippen molar-refractivity contribution in [1.82, 2.24) is 20.4 Å². The molecule has 2 heterocycles. The van der Waals surface area contributed by atoms with Crippen LogP contribution in [0.3, 0.4) is 0 Å². The second-order valence-corrected chi connectivity index (χ2v) is 8.30. The zero-order valence-corrected chi connectivity index (χ0v) is 15.4. The van der Waals surface area contributed by atoms with Crippen molar-refractivity contribution in [3.63, 3.8) is 0 Å². The molecule has 1 amide bonds. The highest BCUT2D eigenvalue weighted by Crippen LogP contribution is 2.49. The Morgan fingerprint density at radius 3 is 2.75 bits per heavy atom. The molecule has 128 valence electrons. The zero-order chi connectivity index (χ0) is 17.1. The summed E-state index contributed by atoms with van der Waals surface area (Å²) < 4.78 is 1.93. The lowest BCUT2D eigenvalue weighted by Gasteiger charge is -2.25. The first-order valence-corrected chi connectivity index (χ1v) is 9.69. The van der Waals surface area contributed by atoms with Crippen LogP contribution in [0.4, 0.5) is 0 Å². The van der Waals surface area contributed by atoms with Crippen molar-refractivity contribution in [3.8, 4) is 0 Å². The third-order valence-corrected chi connectivity index (χ3v) is 6.24. The number of aromatic nitrogens is 2. The van der Waals surface area contributed by atoms with Crippen LogP contribution in [0, 0.1) is 17.8 Å². The fraction of sp³-hybridized carbons (Fsp3) is 0.556. The van der Waals surface area contributed by atoms with Crippen molar-refractivity contribution in [2.75, 3.05) is 19.3 Å². The van der Waals surface area contributed by atoms with Gasteiger partial charge in [-0.05, 0) is 51.1 Å². The summed E-state index contributed by atoms with van der Waals surface area (Å²) in [5, 5.41) is 12.5. The van der Waals surface area contributed by atoms with Crippen LogP contribution in [0.15, 0.2) is 23.1 Å². The van der Waals surface area contributed by atoms with Gasteiger partial charge in [0.25, 0.3) is 0 Å². The molecule has 1 aliphatic heterocycles. The minimum Gasteiger partial charge on any atom is -0.345 e. The second kappa shape index (κ2) is 5.49. The number of para-hydroxylation sites is 1. The molecule has 2 aliphatic rings. The molecule has 6 heteroatoms. The molecule has 2 aromatic rings. The maximum absolute atomic E-state index is 12.7. The topological polar surface area (TPSA) is 59.0 Å². The average Bonchev–Trinajstić information content (AvgIpc) is 2.88. The Morgan fingerprint density at radius 2 is 2.08 bits per heavy atom. The van der Waals surface area contributed by atoms with Crippen LogP contribution >= 0.6 is 11.8 Å². The van der Waals surface area contributed by atoms with Gasteiger partial charge in [-0.1, -0.05) is 12.1 Å². The number of carbonyl (C=O) groups excluding carboxylic acids is 1. The Kier molecular flexibility index (Phi) is 3.65. The van der Waals surface area contributed by atoms with E-state index in [9.17, 15) is 4.79 Å². The molecule has 2 N–H and O–H groups in total. The highest BCUT2D eigenvalue weighted by molar-refractivity contribution is 7.98. The summed E-state index contributed by atoms with van der Waals surface area (Å²) in [6, 6.07) is 6.28. The lowest BCUT2D eigenvalue weighted by Crippen LogP contribution is -2.43. The lowest BCUT2D eigenvalue weighted by molar-refractivity contribution is -0.124. The van der Waals surface area contributed by atoms with Crippen molar-refractivity contribution < 1.29 is 4.79 Å². The van der Waals surface area contributed by atoms with Crippen molar-refractivity contribution >= 4 is 28.6 Å². The number of hydrogen-bond donors (Lipinski definition) is 2. The van der Waals surface area contributed by atoms with Crippen LogP contribution in [-0.4, -0.2) is 35.0 Å². The van der Waals surface area contributed by atoms with E-state index < -0.39 is 5.54 Å². The molecule has 2 fully saturated rings. The number of aryl methyl sites for hydroxylation is 1. The smallest absolute Gasteiger partial charge is 0.224 e. The standard InChI is InChI=1S/C18H24N4OS/c1-18(2,20-17(23)14-11-8-19-9-12(11)14)16-10-6-5-7-13(24-4)15(10)22(3)21-16/h5-7,11-12,14,19H,8-9H2,1-4H3,(H,20,23)/t11-,12+,14-. The number of benzene rings is 1. The molecule has 1 aliphatic carbocycles. The number of hydrogen-bond acceptors (Lipinski definition) is 4. The van der Waals surface area contributed by atoms with Gasteiger partial charge in [-0.15, -0.1) is 11.8 Å². The first-order chi connectivity index (χ1) is 11.4. The highest BCUT2D eigenvalue weighted by atomic mass is 32.2. The molecule has 3 atom stereocenters. The SMILES string of the molecule is CSc1cccc2c(C(C)(C)NC(=O)[C@@H]3[C@@H]4CNC[C@@H]43)nn(C)c12. The van der Waals surface area contributed by atoms with Crippen LogP contribution in [0.5, 0.6) is 0 Å². The van der Waals surface area contributed by atoms with E-state index in [0.717, 1.165) is 29.7 Å². The van der Waals surface area contributed by atoms with Crippen LogP contribution in [0.1, 0.15) is 19.5 Å². The maximum atomic E-state index is 12.7. The van der Waals surface area contributed by atoms with E-state index in [1.807, 2.05) is 11.7 Å². The van der Waals surface area contributed by atoms with Crippen molar-refractivity contribution in [2.45, 2.75) is 24.3 Å². The fourth-order valence-electron chi connectivity index (χ4n) is 4.19. The molecule has 24 heavy (non-hydrogen) atoms. The molecule has 1 saturated heterocycles. The van der Waals surface area contributed by atoms with Gasteiger partial charge in [0, 0.05) is 23.2 Å². The largest absolute Gasteiger partial charge is 0.345 e. The Bertz CT molecular complexity index is 803. The van der Waals surface area contributed by atoms with Gasteiger partial charge in [0.15, 0.2) is 0 Å². The van der Waals surface area contributed by atoms with E-state index in [4.69, 9.17) is 5.10 Å². The summed E-state index contributed by atoms with van der Waals surface area (Å²) in [7, 11) is 1.97. The summed E-state index contributed by atoms with van der Waals surface area (Å²) in [5.74, 6) is 1.42. The van der Waals surface area contributed by atoms with Crippen LogP contribution < -0.4 is 10.6 Å². The monoisotopic (exact) mass is 344 g/mol. The van der Waals surface area contributed by atoms with E-state index in [-0.39, 0.29) is 11.8 Å². The first kappa shape index (κ1) is 16.0. The molecule has 4 rings (SSSR count). The molecule has 1 aromatic carbocycles. The third kappa shape index (κ3) is 2.35. The van der Waals surface area contributed by atoms with E-state index in [1.165, 1.54) is 4.90 Å². The number of piperidine rings is 1. The molecule has 1 aromatic heterocycles. The quantitative estimate of drug-likeness (QED) is 0.834. The van der Waals surface area contributed by atoms with Crippen LogP contribution in [-0.2, 0) is 17.4 Å². The van der Waals surface area contributed by atoms with E-state index in [1.54, 1.807) is 11.8 Å². The van der Waals surface area contributed by atoms with Gasteiger partial charge >= 0.3 is 0 Å². The predicted octanol–water partition coefficient (Wildman–Crippen LogP) is 2.11. The van der Waals surface area contributed by atoms with Gasteiger partial charge in [-0.2, -0.15) is 5.10 Å². The maximum Gasteiger partial charge on any atom is 0.224 e. The van der Waals surface area contributed by atoms with E-state index in [2.05, 4.69) is 48.9 Å². The Hall–Kier alpha value is -1.53. The van der Waals surface area contributed by atoms with Crippen molar-refractivity contribution in [2.24, 2.45) is 24.8 Å². The highest BCUT2D eigenvalue weighted by Gasteiger charge is 2.57. The zero-order valence-electron chi connectivity index (χ0n) is 14.6. The summed E-state index contributed by atoms with van der Waals surface area (Å²) >= 11 is 1.72. The van der Waals surface area contributed by atoms with Crippen molar-refractivity contribution in [3.05, 3.63) is 23.9 Å². The van der Waals surface area contributed by atoms with Crippen LogP contribution in [0.25, 0.3) is 10.9 Å². The van der Waals surface area contributed by atoms with Crippen LogP contribution in [0.2, 0.25) is 0 Å². The molecule has 0 spiro atoms. The molecular formula is C18H24N4OS. The summed E-state index contributed by atoms with van der Waals surface area (Å²) in [6.45, 7) is 6.06. The molecule has 1 saturated carbocycles. The summed E-state index contributed by atoms with van der Waals surface area (Å²) in [5.41, 5.74) is 1.58. The average molecular weight is 344 g/mol. The minimum absolute atomic E-state index is 0.177. The first-order valence-electron chi connectivity index (χ1n) is 8.47. The Balaban J connectivity index is 1.64. The molecule has 5 nitrogen and oxygen atoms in total. The minimum atomic E-state index is -0.488. The van der Waals surface area contributed by atoms with Gasteiger partial charge in [0.05, 0.1) is 16.7 Å². The van der Waals surface area contributed by atoms with Gasteiger partial charge in [0.1, 0.15) is 0 Å². The number of amides is 1. The predicted molar refractivity (Wildman–Crippen MR) is 97.0 cm³/mol. The van der Waals surface area contributed by atoms with E-state index >= 15 is 0 Å².